The average molecular weight is 374 g/mol. The minimum atomic E-state index is -0.399. The Labute approximate surface area is 161 Å². The summed E-state index contributed by atoms with van der Waals surface area (Å²) in [5, 5.41) is 11.2. The van der Waals surface area contributed by atoms with Crippen molar-refractivity contribution >= 4 is 5.91 Å². The highest BCUT2D eigenvalue weighted by Crippen LogP contribution is 2.19. The number of aromatic nitrogens is 3. The molecule has 0 fully saturated rings. The largest absolute Gasteiger partial charge is 0.491 e. The van der Waals surface area contributed by atoms with Crippen molar-refractivity contribution in [1.29, 1.82) is 0 Å². The molecular formula is C20H31N5O2. The van der Waals surface area contributed by atoms with Gasteiger partial charge in [0.2, 0.25) is 0 Å². The molecule has 148 valence electrons. The molecule has 2 aromatic rings. The molecule has 27 heavy (non-hydrogen) atoms. The van der Waals surface area contributed by atoms with E-state index in [4.69, 9.17) is 10.5 Å². The highest BCUT2D eigenvalue weighted by molar-refractivity contribution is 5.93. The van der Waals surface area contributed by atoms with Gasteiger partial charge in [0, 0.05) is 12.1 Å². The van der Waals surface area contributed by atoms with Crippen molar-refractivity contribution in [2.75, 3.05) is 6.54 Å². The van der Waals surface area contributed by atoms with Gasteiger partial charge in [0.1, 0.15) is 5.75 Å². The van der Waals surface area contributed by atoms with Crippen LogP contribution < -0.4 is 15.8 Å². The summed E-state index contributed by atoms with van der Waals surface area (Å²) < 4.78 is 7.37. The van der Waals surface area contributed by atoms with Gasteiger partial charge >= 0.3 is 0 Å². The predicted octanol–water partition coefficient (Wildman–Crippen LogP) is 2.86. The van der Waals surface area contributed by atoms with Crippen LogP contribution in [0.2, 0.25) is 0 Å². The van der Waals surface area contributed by atoms with E-state index in [1.165, 1.54) is 0 Å². The summed E-state index contributed by atoms with van der Waals surface area (Å²) in [7, 11) is 0. The molecule has 0 saturated heterocycles. The maximum Gasteiger partial charge on any atom is 0.273 e. The van der Waals surface area contributed by atoms with Crippen LogP contribution >= 0.6 is 0 Å². The summed E-state index contributed by atoms with van der Waals surface area (Å²) >= 11 is 0. The van der Waals surface area contributed by atoms with Gasteiger partial charge in [-0.3, -0.25) is 4.79 Å². The highest BCUT2D eigenvalue weighted by Gasteiger charge is 2.24. The summed E-state index contributed by atoms with van der Waals surface area (Å²) in [4.78, 5) is 12.6. The fourth-order valence-electron chi connectivity index (χ4n) is 2.78. The molecule has 0 unspecified atom stereocenters. The Morgan fingerprint density at radius 2 is 1.85 bits per heavy atom. The number of carbonyl (C=O) groups excluding carboxylic acids is 1. The number of nitrogens with two attached hydrogens (primary N) is 1. The molecule has 0 aliphatic carbocycles. The Hall–Kier alpha value is -2.41. The predicted molar refractivity (Wildman–Crippen MR) is 106 cm³/mol. The molecule has 0 saturated carbocycles. The summed E-state index contributed by atoms with van der Waals surface area (Å²) in [5.41, 5.74) is 7.82. The Bertz CT molecular complexity index is 748. The first-order chi connectivity index (χ1) is 12.8. The summed E-state index contributed by atoms with van der Waals surface area (Å²) in [6.07, 6.45) is 2.34. The van der Waals surface area contributed by atoms with E-state index in [1.54, 1.807) is 4.68 Å². The van der Waals surface area contributed by atoms with Gasteiger partial charge < -0.3 is 15.8 Å². The molecule has 2 rings (SSSR count). The number of ether oxygens (including phenoxy) is 1. The molecule has 0 atom stereocenters. The van der Waals surface area contributed by atoms with Crippen molar-refractivity contribution in [1.82, 2.24) is 20.3 Å². The van der Waals surface area contributed by atoms with Crippen LogP contribution in [0.15, 0.2) is 24.3 Å². The number of carbonyl (C=O) groups is 1. The van der Waals surface area contributed by atoms with Crippen molar-refractivity contribution in [2.45, 2.75) is 65.5 Å². The second-order valence-electron chi connectivity index (χ2n) is 7.06. The molecule has 7 nitrogen and oxygen atoms in total. The monoisotopic (exact) mass is 373 g/mol. The fraction of sp³-hybridized carbons (Fsp3) is 0.550. The van der Waals surface area contributed by atoms with E-state index in [9.17, 15) is 4.79 Å². The average Bonchev–Trinajstić information content (AvgIpc) is 3.10. The summed E-state index contributed by atoms with van der Waals surface area (Å²) in [6, 6.07) is 7.60. The van der Waals surface area contributed by atoms with Crippen molar-refractivity contribution < 1.29 is 9.53 Å². The van der Waals surface area contributed by atoms with Gasteiger partial charge in [-0.1, -0.05) is 26.0 Å². The van der Waals surface area contributed by atoms with Gasteiger partial charge in [-0.2, -0.15) is 0 Å². The molecule has 1 aromatic heterocycles. The molecule has 7 heteroatoms. The Morgan fingerprint density at radius 3 is 2.37 bits per heavy atom. The van der Waals surface area contributed by atoms with E-state index in [0.29, 0.717) is 18.7 Å². The van der Waals surface area contributed by atoms with Crippen molar-refractivity contribution in [3.8, 4) is 11.4 Å². The maximum atomic E-state index is 12.6. The van der Waals surface area contributed by atoms with Gasteiger partial charge in [-0.25, -0.2) is 4.68 Å². The molecule has 1 amide bonds. The van der Waals surface area contributed by atoms with Crippen LogP contribution in [0, 0.1) is 0 Å². The quantitative estimate of drug-likeness (QED) is 0.705. The second-order valence-corrected chi connectivity index (χ2v) is 7.06. The summed E-state index contributed by atoms with van der Waals surface area (Å²) in [5.74, 6) is 0.554. The Morgan fingerprint density at radius 1 is 1.22 bits per heavy atom. The molecule has 1 aromatic carbocycles. The first-order valence-electron chi connectivity index (χ1n) is 9.62. The van der Waals surface area contributed by atoms with Crippen LogP contribution in [-0.4, -0.2) is 39.1 Å². The number of hydrogen-bond acceptors (Lipinski definition) is 5. The standard InChI is InChI=1S/C20H31N5O2/c1-6-17-18(19(26)22-13-20(21,7-2)8-3)23-24-25(17)15-9-11-16(12-10-15)27-14(4)5/h9-12,14H,6-8,13,21H2,1-5H3,(H,22,26). The first kappa shape index (κ1) is 20.9. The van der Waals surface area contributed by atoms with Gasteiger partial charge in [0.05, 0.1) is 17.5 Å². The zero-order valence-electron chi connectivity index (χ0n) is 17.0. The molecule has 0 aliphatic heterocycles. The van der Waals surface area contributed by atoms with E-state index < -0.39 is 5.54 Å². The second kappa shape index (κ2) is 8.99. The first-order valence-corrected chi connectivity index (χ1v) is 9.62. The fourth-order valence-corrected chi connectivity index (χ4v) is 2.78. The lowest BCUT2D eigenvalue weighted by Gasteiger charge is -2.26. The minimum absolute atomic E-state index is 0.115. The third-order valence-electron chi connectivity index (χ3n) is 4.78. The van der Waals surface area contributed by atoms with Crippen LogP contribution in [0.25, 0.3) is 5.69 Å². The lowest BCUT2D eigenvalue weighted by atomic mass is 9.94. The maximum absolute atomic E-state index is 12.6. The zero-order chi connectivity index (χ0) is 20.0. The normalized spacial score (nSPS) is 11.7. The third-order valence-corrected chi connectivity index (χ3v) is 4.78. The third kappa shape index (κ3) is 5.07. The molecule has 3 N–H and O–H groups in total. The number of benzene rings is 1. The van der Waals surface area contributed by atoms with Gasteiger partial charge in [0.15, 0.2) is 5.69 Å². The molecule has 0 bridgehead atoms. The topological polar surface area (TPSA) is 95.1 Å². The molecule has 0 radical (unpaired) electrons. The highest BCUT2D eigenvalue weighted by atomic mass is 16.5. The van der Waals surface area contributed by atoms with E-state index in [1.807, 2.05) is 58.9 Å². The smallest absolute Gasteiger partial charge is 0.273 e. The number of rotatable bonds is 9. The Kier molecular flexibility index (Phi) is 6.96. The molecule has 0 aliphatic rings. The van der Waals surface area contributed by atoms with E-state index in [-0.39, 0.29) is 12.0 Å². The van der Waals surface area contributed by atoms with Crippen LogP contribution in [0.1, 0.15) is 63.6 Å². The van der Waals surface area contributed by atoms with Crippen molar-refractivity contribution in [3.63, 3.8) is 0 Å². The Balaban J connectivity index is 2.19. The minimum Gasteiger partial charge on any atom is -0.491 e. The molecule has 0 spiro atoms. The van der Waals surface area contributed by atoms with Crippen molar-refractivity contribution in [2.24, 2.45) is 5.73 Å². The number of nitrogens with one attached hydrogen (secondary N) is 1. The zero-order valence-corrected chi connectivity index (χ0v) is 17.0. The summed E-state index contributed by atoms with van der Waals surface area (Å²) in [6.45, 7) is 10.4. The lowest BCUT2D eigenvalue weighted by molar-refractivity contribution is 0.0936. The number of amides is 1. The van der Waals surface area contributed by atoms with Crippen LogP contribution in [0.5, 0.6) is 5.75 Å². The van der Waals surface area contributed by atoms with E-state index in [0.717, 1.165) is 30.0 Å². The molecular weight excluding hydrogens is 342 g/mol. The number of hydrogen-bond donors (Lipinski definition) is 2. The van der Waals surface area contributed by atoms with Gasteiger partial charge in [0.25, 0.3) is 5.91 Å². The van der Waals surface area contributed by atoms with E-state index in [2.05, 4.69) is 15.6 Å². The lowest BCUT2D eigenvalue weighted by Crippen LogP contribution is -2.49. The van der Waals surface area contributed by atoms with Gasteiger partial charge in [-0.15, -0.1) is 5.10 Å². The SMILES string of the molecule is CCc1c(C(=O)NCC(N)(CC)CC)nnn1-c1ccc(OC(C)C)cc1. The van der Waals surface area contributed by atoms with Crippen LogP contribution in [-0.2, 0) is 6.42 Å². The number of nitrogens with zero attached hydrogens (tertiary/aromatic N) is 3. The van der Waals surface area contributed by atoms with Crippen LogP contribution in [0.4, 0.5) is 0 Å². The van der Waals surface area contributed by atoms with E-state index >= 15 is 0 Å². The molecule has 1 heterocycles. The van der Waals surface area contributed by atoms with Crippen molar-refractivity contribution in [3.05, 3.63) is 35.7 Å². The van der Waals surface area contributed by atoms with Crippen LogP contribution in [0.3, 0.4) is 0 Å². The van der Waals surface area contributed by atoms with Gasteiger partial charge in [-0.05, 0) is 57.4 Å².